The average Bonchev–Trinajstić information content (AvgIpc) is 3.33. The predicted molar refractivity (Wildman–Crippen MR) is 98.7 cm³/mol. The molecule has 0 amide bonds. The standard InChI is InChI=1S/C20H11N4.Hg.Na.H/c1-2-14-10-16-5-6-18(23-16)12-20-8-7-19(24-20)11-17-4-3-15(22-17)9-13(1)21-14;;;/h1-7,9-12H;;;/q;;+1;-1. The van der Waals surface area contributed by atoms with Gasteiger partial charge < -0.3 is 1.43 Å². The van der Waals surface area contributed by atoms with Crippen molar-refractivity contribution in [1.29, 1.82) is 0 Å². The maximum Gasteiger partial charge on any atom is 1.00 e. The normalized spacial score (nSPS) is 21.8. The summed E-state index contributed by atoms with van der Waals surface area (Å²) in [6, 6.07) is 0. The van der Waals surface area contributed by atoms with Crippen molar-refractivity contribution in [3.63, 3.8) is 0 Å². The van der Waals surface area contributed by atoms with E-state index in [2.05, 4.69) is 27.1 Å². The molecule has 0 aliphatic carbocycles. The van der Waals surface area contributed by atoms with Gasteiger partial charge in [0.25, 0.3) is 0 Å². The number of aliphatic imine (C=N–C) groups is 4. The second-order valence-electron chi connectivity index (χ2n) is 6.05. The van der Waals surface area contributed by atoms with Gasteiger partial charge in [-0.05, 0) is 0 Å². The minimum absolute atomic E-state index is 0. The quantitative estimate of drug-likeness (QED) is 0.411. The Balaban J connectivity index is 0.00000105. The molecule has 5 aliphatic rings. The Morgan fingerprint density at radius 3 is 1.54 bits per heavy atom. The summed E-state index contributed by atoms with van der Waals surface area (Å²) in [5, 5.41) is 0. The van der Waals surface area contributed by atoms with Crippen LogP contribution in [0.15, 0.2) is 113 Å². The van der Waals surface area contributed by atoms with Crippen LogP contribution in [-0.2, 0) is 26.1 Å². The fraction of sp³-hybridized carbons (Fsp3) is 0. The summed E-state index contributed by atoms with van der Waals surface area (Å²) in [4.78, 5) is 18.7. The molecule has 6 heteroatoms. The number of hydrogen-bond acceptors (Lipinski definition) is 4. The van der Waals surface area contributed by atoms with E-state index in [-0.39, 0.29) is 31.0 Å². The summed E-state index contributed by atoms with van der Waals surface area (Å²) in [7, 11) is 0. The number of allylic oxidation sites excluding steroid dienone is 12. The molecule has 5 rings (SSSR count). The van der Waals surface area contributed by atoms with E-state index in [4.69, 9.17) is 4.99 Å². The molecule has 5 aliphatic heterocycles. The van der Waals surface area contributed by atoms with Crippen LogP contribution in [0, 0.1) is 0 Å². The third kappa shape index (κ3) is 3.65. The second kappa shape index (κ2) is 7.27. The SMILES string of the molecule is [H-].[Hg][C]1=CC2=NC1=CC1=NC(=CC3=NC(=CC4=NC(=C2)C=C4)C=C3)C=C1.[Na+]. The fourth-order valence-electron chi connectivity index (χ4n) is 2.95. The van der Waals surface area contributed by atoms with Gasteiger partial charge in [0.2, 0.25) is 0 Å². The van der Waals surface area contributed by atoms with Crippen LogP contribution < -0.4 is 29.6 Å². The molecular formula is C20H12HgN4Na. The van der Waals surface area contributed by atoms with Crippen LogP contribution in [0.3, 0.4) is 0 Å². The van der Waals surface area contributed by atoms with Crippen LogP contribution in [-0.4, -0.2) is 22.8 Å². The average molecular weight is 532 g/mol. The minimum atomic E-state index is 0. The van der Waals surface area contributed by atoms with Crippen LogP contribution in [0.2, 0.25) is 0 Å². The van der Waals surface area contributed by atoms with E-state index < -0.39 is 0 Å². The Hall–Kier alpha value is -1.46. The Morgan fingerprint density at radius 2 is 1.00 bits per heavy atom. The van der Waals surface area contributed by atoms with Gasteiger partial charge in [0, 0.05) is 0 Å². The van der Waals surface area contributed by atoms with Crippen molar-refractivity contribution >= 4 is 22.8 Å². The van der Waals surface area contributed by atoms with Gasteiger partial charge >= 0.3 is 191 Å². The Kier molecular flexibility index (Phi) is 5.01. The predicted octanol–water partition coefficient (Wildman–Crippen LogP) is 0.570. The summed E-state index contributed by atoms with van der Waals surface area (Å²) < 4.78 is 1.32. The van der Waals surface area contributed by atoms with Crippen molar-refractivity contribution < 1.29 is 57.1 Å². The number of fused-ring (bicyclic) bond motifs is 4. The van der Waals surface area contributed by atoms with Gasteiger partial charge in [-0.3, -0.25) is 0 Å². The Labute approximate surface area is 191 Å². The molecule has 0 atom stereocenters. The molecule has 5 heterocycles. The summed E-state index contributed by atoms with van der Waals surface area (Å²) >= 11 is 0.496. The van der Waals surface area contributed by atoms with Crippen molar-refractivity contribution in [2.24, 2.45) is 20.0 Å². The Bertz CT molecular complexity index is 1090. The molecule has 0 radical (unpaired) electrons. The third-order valence-electron chi connectivity index (χ3n) is 4.12. The molecule has 26 heavy (non-hydrogen) atoms. The van der Waals surface area contributed by atoms with Gasteiger partial charge in [0.1, 0.15) is 0 Å². The van der Waals surface area contributed by atoms with Gasteiger partial charge in [-0.1, -0.05) is 0 Å². The molecular weight excluding hydrogens is 520 g/mol. The molecule has 0 aromatic carbocycles. The molecule has 0 saturated carbocycles. The van der Waals surface area contributed by atoms with E-state index >= 15 is 0 Å². The van der Waals surface area contributed by atoms with E-state index in [0.29, 0.717) is 26.1 Å². The Morgan fingerprint density at radius 1 is 0.538 bits per heavy atom. The van der Waals surface area contributed by atoms with Gasteiger partial charge in [-0.25, -0.2) is 0 Å². The zero-order valence-corrected chi connectivity index (χ0v) is 21.8. The van der Waals surface area contributed by atoms with Gasteiger partial charge in [0.15, 0.2) is 0 Å². The van der Waals surface area contributed by atoms with Crippen LogP contribution >= 0.6 is 0 Å². The third-order valence-corrected chi connectivity index (χ3v) is 6.32. The molecule has 0 aromatic heterocycles. The molecule has 0 unspecified atom stereocenters. The zero-order chi connectivity index (χ0) is 16.8. The van der Waals surface area contributed by atoms with Crippen LogP contribution in [0.1, 0.15) is 1.43 Å². The van der Waals surface area contributed by atoms with E-state index in [1.54, 1.807) is 0 Å². The largest absolute Gasteiger partial charge is 1.00 e. The summed E-state index contributed by atoms with van der Waals surface area (Å²) in [5.41, 5.74) is 7.46. The van der Waals surface area contributed by atoms with Crippen molar-refractivity contribution in [2.45, 2.75) is 0 Å². The van der Waals surface area contributed by atoms with Crippen molar-refractivity contribution in [1.82, 2.24) is 0 Å². The number of rotatable bonds is 0. The molecule has 8 bridgehead atoms. The monoisotopic (exact) mass is 533 g/mol. The van der Waals surface area contributed by atoms with E-state index in [0.717, 1.165) is 45.6 Å². The van der Waals surface area contributed by atoms with Crippen molar-refractivity contribution in [3.05, 3.63) is 92.7 Å². The van der Waals surface area contributed by atoms with Gasteiger partial charge in [-0.2, -0.15) is 0 Å². The topological polar surface area (TPSA) is 49.4 Å². The van der Waals surface area contributed by atoms with E-state index in [1.807, 2.05) is 54.7 Å². The van der Waals surface area contributed by atoms with Gasteiger partial charge in [0.05, 0.1) is 0 Å². The zero-order valence-electron chi connectivity index (χ0n) is 15.3. The van der Waals surface area contributed by atoms with Crippen molar-refractivity contribution in [3.8, 4) is 0 Å². The molecule has 0 saturated heterocycles. The fourth-order valence-corrected chi connectivity index (χ4v) is 4.47. The van der Waals surface area contributed by atoms with Gasteiger partial charge in [-0.15, -0.1) is 0 Å². The molecule has 0 spiro atoms. The smallest absolute Gasteiger partial charge is 1.00 e. The summed E-state index contributed by atoms with van der Waals surface area (Å²) in [6.07, 6.45) is 22.3. The first kappa shape index (κ1) is 17.9. The maximum atomic E-state index is 4.74. The first-order valence-corrected chi connectivity index (χ1v) is 10.8. The summed E-state index contributed by atoms with van der Waals surface area (Å²) in [5.74, 6) is 0. The van der Waals surface area contributed by atoms with Crippen LogP contribution in [0.25, 0.3) is 0 Å². The minimum Gasteiger partial charge on any atom is 1.00 e. The molecule has 0 N–H and O–H groups in total. The number of nitrogens with zero attached hydrogens (tertiary/aromatic N) is 4. The first-order chi connectivity index (χ1) is 12.2. The summed E-state index contributed by atoms with van der Waals surface area (Å²) in [6.45, 7) is 0. The molecule has 115 valence electrons. The molecule has 0 fully saturated rings. The van der Waals surface area contributed by atoms with Crippen LogP contribution in [0.4, 0.5) is 0 Å². The van der Waals surface area contributed by atoms with Crippen molar-refractivity contribution in [2.75, 3.05) is 0 Å². The molecule has 4 nitrogen and oxygen atoms in total. The maximum absolute atomic E-state index is 4.74. The van der Waals surface area contributed by atoms with E-state index in [9.17, 15) is 0 Å². The van der Waals surface area contributed by atoms with Crippen LogP contribution in [0.5, 0.6) is 0 Å². The number of hydrogen-bond donors (Lipinski definition) is 0. The second-order valence-corrected chi connectivity index (χ2v) is 9.01. The van der Waals surface area contributed by atoms with E-state index in [1.165, 1.54) is 3.08 Å². The molecule has 0 aromatic rings. The first-order valence-electron chi connectivity index (χ1n) is 8.01.